The molecule has 0 unspecified atom stereocenters. The molecular formula is C89H58F2N2O2. The third-order valence-electron chi connectivity index (χ3n) is 19.5. The molecule has 0 amide bonds. The van der Waals surface area contributed by atoms with Crippen molar-refractivity contribution in [2.75, 3.05) is 9.80 Å². The van der Waals surface area contributed by atoms with Crippen molar-refractivity contribution < 1.29 is 17.6 Å². The molecule has 4 nitrogen and oxygen atoms in total. The quantitative estimate of drug-likeness (QED) is 0.121. The lowest BCUT2D eigenvalue weighted by atomic mass is 9.66. The second-order valence-electron chi connectivity index (χ2n) is 25.3. The molecule has 15 aromatic carbocycles. The van der Waals surface area contributed by atoms with Crippen LogP contribution in [0.15, 0.2) is 324 Å². The average molecular weight is 1230 g/mol. The fraction of sp³-hybridized carbons (Fsp3) is 0.0337. The molecule has 0 radical (unpaired) electrons. The zero-order valence-corrected chi connectivity index (χ0v) is 52.0. The summed E-state index contributed by atoms with van der Waals surface area (Å²) in [5.41, 5.74) is 18.6. The Bertz CT molecular complexity index is 5900. The standard InChI is InChI=1S/C89H58F2N2O2/c1-89(2)74-40-22-37-66-73-53-62(92(76-41-23-38-68-64-35-18-20-43-80(64)94-87(68)76)78-51-60(55-25-8-3-9-26-55)49-71(85(78)90)57-29-12-5-13-30-57)45-47-67(73)82(59-33-16-7-17-34-59)84(83(66)74)70-48-46-63(54-75(70)89)93(77-42-24-39-69-65-36-19-21-44-81(65)95-88(69)77)79-52-61(56-27-10-4-11-28-56)50-72(86(79)91)58-31-14-6-15-32-58/h3-54H,1-2H3. The van der Waals surface area contributed by atoms with Crippen LogP contribution in [-0.4, -0.2) is 0 Å². The van der Waals surface area contributed by atoms with Crippen molar-refractivity contribution in [3.05, 3.63) is 338 Å². The monoisotopic (exact) mass is 1220 g/mol. The predicted molar refractivity (Wildman–Crippen MR) is 390 cm³/mol. The molecule has 0 fully saturated rings. The van der Waals surface area contributed by atoms with E-state index in [0.717, 1.165) is 132 Å². The Balaban J connectivity index is 0.898. The molecule has 0 N–H and O–H groups in total. The maximum absolute atomic E-state index is 18.6. The Hall–Kier alpha value is -12.1. The van der Waals surface area contributed by atoms with E-state index < -0.39 is 5.41 Å². The molecule has 2 heterocycles. The van der Waals surface area contributed by atoms with Gasteiger partial charge >= 0.3 is 0 Å². The third kappa shape index (κ3) is 8.93. The van der Waals surface area contributed by atoms with Crippen LogP contribution in [0.25, 0.3) is 132 Å². The molecule has 1 aliphatic rings. The third-order valence-corrected chi connectivity index (χ3v) is 19.5. The molecule has 0 aliphatic heterocycles. The molecule has 0 saturated heterocycles. The predicted octanol–water partition coefficient (Wildman–Crippen LogP) is 25.7. The molecule has 0 atom stereocenters. The molecule has 6 heteroatoms. The van der Waals surface area contributed by atoms with E-state index in [0.29, 0.717) is 45.0 Å². The van der Waals surface area contributed by atoms with Gasteiger partial charge in [0.1, 0.15) is 11.2 Å². The highest BCUT2D eigenvalue weighted by atomic mass is 19.1. The number of fused-ring (bicyclic) bond motifs is 10. The van der Waals surface area contributed by atoms with Crippen LogP contribution < -0.4 is 9.80 Å². The van der Waals surface area contributed by atoms with Gasteiger partial charge in [0.15, 0.2) is 22.8 Å². The summed E-state index contributed by atoms with van der Waals surface area (Å²) >= 11 is 0. The van der Waals surface area contributed by atoms with Crippen molar-refractivity contribution in [1.29, 1.82) is 0 Å². The Kier molecular flexibility index (Phi) is 12.9. The van der Waals surface area contributed by atoms with Gasteiger partial charge in [0.05, 0.1) is 22.7 Å². The van der Waals surface area contributed by atoms with Crippen molar-refractivity contribution in [3.63, 3.8) is 0 Å². The summed E-state index contributed by atoms with van der Waals surface area (Å²) in [5.74, 6) is -0.718. The summed E-state index contributed by atoms with van der Waals surface area (Å²) in [4.78, 5) is 4.14. The van der Waals surface area contributed by atoms with Crippen LogP contribution in [0.1, 0.15) is 25.0 Å². The number of nitrogens with zero attached hydrogens (tertiary/aromatic N) is 2. The molecule has 2 aromatic heterocycles. The van der Waals surface area contributed by atoms with Crippen LogP contribution in [0, 0.1) is 11.6 Å². The zero-order chi connectivity index (χ0) is 63.5. The second-order valence-corrected chi connectivity index (χ2v) is 25.3. The molecule has 95 heavy (non-hydrogen) atoms. The van der Waals surface area contributed by atoms with Gasteiger partial charge in [0.2, 0.25) is 0 Å². The topological polar surface area (TPSA) is 32.8 Å². The van der Waals surface area contributed by atoms with E-state index in [4.69, 9.17) is 8.83 Å². The largest absolute Gasteiger partial charge is 0.454 e. The Morgan fingerprint density at radius 2 is 0.695 bits per heavy atom. The van der Waals surface area contributed by atoms with Gasteiger partial charge in [-0.15, -0.1) is 0 Å². The SMILES string of the molecule is CC1(C)c2cc(N(c3cc(-c4ccccc4)cc(-c4ccccc4)c3F)c3cccc4c3oc3ccccc34)ccc2-c2c(-c3ccccc3)c3ccc(N(c4cc(-c5ccccc5)cc(-c5ccccc5)c4F)c4cccc5c4oc4ccccc45)cc3c3cccc1c23. The molecule has 0 bridgehead atoms. The maximum atomic E-state index is 18.6. The van der Waals surface area contributed by atoms with Gasteiger partial charge in [-0.05, 0) is 161 Å². The number of hydrogen-bond donors (Lipinski definition) is 0. The van der Waals surface area contributed by atoms with E-state index in [1.54, 1.807) is 0 Å². The van der Waals surface area contributed by atoms with Gasteiger partial charge in [0, 0.05) is 49.5 Å². The van der Waals surface area contributed by atoms with Crippen LogP contribution in [0.3, 0.4) is 0 Å². The number of furan rings is 2. The number of para-hydroxylation sites is 4. The Morgan fingerprint density at radius 3 is 1.21 bits per heavy atom. The first-order valence-electron chi connectivity index (χ1n) is 32.3. The van der Waals surface area contributed by atoms with E-state index in [-0.39, 0.29) is 11.6 Å². The number of rotatable bonds is 11. The highest BCUT2D eigenvalue weighted by Gasteiger charge is 2.38. The first-order chi connectivity index (χ1) is 46.7. The lowest BCUT2D eigenvalue weighted by molar-refractivity contribution is 0.631. The van der Waals surface area contributed by atoms with Gasteiger partial charge in [-0.1, -0.05) is 257 Å². The highest BCUT2D eigenvalue weighted by molar-refractivity contribution is 6.25. The van der Waals surface area contributed by atoms with Crippen molar-refractivity contribution in [1.82, 2.24) is 0 Å². The van der Waals surface area contributed by atoms with Gasteiger partial charge < -0.3 is 18.6 Å². The maximum Gasteiger partial charge on any atom is 0.159 e. The van der Waals surface area contributed by atoms with E-state index in [1.807, 2.05) is 182 Å². The van der Waals surface area contributed by atoms with Crippen LogP contribution in [0.2, 0.25) is 0 Å². The average Bonchev–Trinajstić information content (AvgIpc) is 1.28. The van der Waals surface area contributed by atoms with Crippen LogP contribution in [-0.2, 0) is 5.41 Å². The highest BCUT2D eigenvalue weighted by Crippen LogP contribution is 2.58. The molecule has 0 saturated carbocycles. The van der Waals surface area contributed by atoms with Gasteiger partial charge in [-0.2, -0.15) is 0 Å². The minimum atomic E-state index is -0.619. The van der Waals surface area contributed by atoms with Crippen molar-refractivity contribution in [3.8, 4) is 66.8 Å². The Labute approximate surface area is 548 Å². The number of halogens is 2. The molecular weight excluding hydrogens is 1170 g/mol. The number of benzene rings is 15. The second kappa shape index (κ2) is 22.0. The molecule has 450 valence electrons. The summed E-state index contributed by atoms with van der Waals surface area (Å²) in [6.45, 7) is 4.63. The van der Waals surface area contributed by atoms with Crippen LogP contribution >= 0.6 is 0 Å². The normalized spacial score (nSPS) is 12.5. The lowest BCUT2D eigenvalue weighted by Gasteiger charge is -2.38. The first-order valence-corrected chi connectivity index (χ1v) is 32.3. The number of anilines is 6. The summed E-state index contributed by atoms with van der Waals surface area (Å²) in [7, 11) is 0. The van der Waals surface area contributed by atoms with Crippen molar-refractivity contribution >= 4 is 99.5 Å². The van der Waals surface area contributed by atoms with E-state index in [9.17, 15) is 0 Å². The van der Waals surface area contributed by atoms with E-state index >= 15 is 8.78 Å². The van der Waals surface area contributed by atoms with Crippen LogP contribution in [0.4, 0.5) is 42.9 Å². The van der Waals surface area contributed by atoms with E-state index in [2.05, 4.69) is 157 Å². The number of hydrogen-bond acceptors (Lipinski definition) is 4. The minimum Gasteiger partial charge on any atom is -0.454 e. The smallest absolute Gasteiger partial charge is 0.159 e. The van der Waals surface area contributed by atoms with E-state index in [1.165, 1.54) is 0 Å². The van der Waals surface area contributed by atoms with Crippen LogP contribution in [0.5, 0.6) is 0 Å². The summed E-state index contributed by atoms with van der Waals surface area (Å²) in [6.07, 6.45) is 0. The fourth-order valence-electron chi connectivity index (χ4n) is 15.1. The van der Waals surface area contributed by atoms with Crippen molar-refractivity contribution in [2.45, 2.75) is 19.3 Å². The molecule has 18 rings (SSSR count). The molecule has 17 aromatic rings. The van der Waals surface area contributed by atoms with Gasteiger partial charge in [0.25, 0.3) is 0 Å². The fourth-order valence-corrected chi connectivity index (χ4v) is 15.1. The summed E-state index contributed by atoms with van der Waals surface area (Å²) in [6, 6.07) is 107. The van der Waals surface area contributed by atoms with Crippen molar-refractivity contribution in [2.24, 2.45) is 0 Å². The summed E-state index contributed by atoms with van der Waals surface area (Å²) < 4.78 is 51.0. The van der Waals surface area contributed by atoms with Gasteiger partial charge in [-0.3, -0.25) is 0 Å². The first kappa shape index (κ1) is 55.7. The summed E-state index contributed by atoms with van der Waals surface area (Å²) in [5, 5.41) is 8.07. The minimum absolute atomic E-state index is 0.357. The molecule has 1 aliphatic carbocycles. The van der Waals surface area contributed by atoms with Gasteiger partial charge in [-0.25, -0.2) is 8.78 Å². The zero-order valence-electron chi connectivity index (χ0n) is 52.0. The molecule has 0 spiro atoms. The lowest BCUT2D eigenvalue weighted by Crippen LogP contribution is -2.25. The Morgan fingerprint density at radius 1 is 0.274 bits per heavy atom.